The predicted octanol–water partition coefficient (Wildman–Crippen LogP) is 1.53. The van der Waals surface area contributed by atoms with Gasteiger partial charge in [0, 0.05) is 18.7 Å². The molecule has 3 heteroatoms. The van der Waals surface area contributed by atoms with E-state index in [9.17, 15) is 4.79 Å². The van der Waals surface area contributed by atoms with E-state index in [0.717, 1.165) is 18.4 Å². The number of aliphatic hydroxyl groups excluding tert-OH is 1. The Kier molecular flexibility index (Phi) is 3.79. The largest absolute Gasteiger partial charge is 0.396 e. The second-order valence-corrected chi connectivity index (χ2v) is 4.83. The number of aryl methyl sites for hydroxylation is 2. The molecule has 2 rings (SSSR count). The number of fused-ring (bicyclic) bond motifs is 1. The van der Waals surface area contributed by atoms with Gasteiger partial charge < -0.3 is 10.4 Å². The molecule has 1 amide bonds. The van der Waals surface area contributed by atoms with Gasteiger partial charge in [0.15, 0.2) is 0 Å². The molecule has 0 saturated heterocycles. The average molecular weight is 233 g/mol. The van der Waals surface area contributed by atoms with Crippen LogP contribution in [0.1, 0.15) is 34.8 Å². The van der Waals surface area contributed by atoms with Gasteiger partial charge in [-0.25, -0.2) is 0 Å². The first-order valence-corrected chi connectivity index (χ1v) is 6.21. The van der Waals surface area contributed by atoms with Crippen LogP contribution in [0.4, 0.5) is 0 Å². The molecule has 0 heterocycles. The molecule has 1 aliphatic carbocycles. The highest BCUT2D eigenvalue weighted by Gasteiger charge is 2.14. The van der Waals surface area contributed by atoms with Gasteiger partial charge in [-0.3, -0.25) is 4.79 Å². The molecule has 17 heavy (non-hydrogen) atoms. The van der Waals surface area contributed by atoms with Crippen LogP contribution in [-0.4, -0.2) is 24.2 Å². The Morgan fingerprint density at radius 1 is 1.41 bits per heavy atom. The molecule has 1 atom stereocenters. The van der Waals surface area contributed by atoms with Gasteiger partial charge in [0.1, 0.15) is 0 Å². The van der Waals surface area contributed by atoms with Gasteiger partial charge in [-0.15, -0.1) is 0 Å². The Balaban J connectivity index is 2.00. The number of carbonyl (C=O) groups is 1. The van der Waals surface area contributed by atoms with Gasteiger partial charge in [0.25, 0.3) is 5.91 Å². The average Bonchev–Trinajstić information content (AvgIpc) is 2.82. The molecule has 0 spiro atoms. The summed E-state index contributed by atoms with van der Waals surface area (Å²) < 4.78 is 0. The number of amides is 1. The van der Waals surface area contributed by atoms with Crippen LogP contribution in [0.2, 0.25) is 0 Å². The van der Waals surface area contributed by atoms with Crippen molar-refractivity contribution < 1.29 is 9.90 Å². The highest BCUT2D eigenvalue weighted by molar-refractivity contribution is 5.94. The molecule has 0 bridgehead atoms. The lowest BCUT2D eigenvalue weighted by Gasteiger charge is -2.10. The van der Waals surface area contributed by atoms with E-state index >= 15 is 0 Å². The standard InChI is InChI=1S/C14H19NO2/c1-10(9-16)8-15-14(17)13-6-5-11-3-2-4-12(11)7-13/h5-7,10,16H,2-4,8-9H2,1H3,(H,15,17). The van der Waals surface area contributed by atoms with Crippen LogP contribution in [0, 0.1) is 5.92 Å². The summed E-state index contributed by atoms with van der Waals surface area (Å²) >= 11 is 0. The number of aliphatic hydroxyl groups is 1. The normalized spacial score (nSPS) is 15.4. The Morgan fingerprint density at radius 2 is 2.18 bits per heavy atom. The number of hydrogen-bond acceptors (Lipinski definition) is 2. The smallest absolute Gasteiger partial charge is 0.251 e. The summed E-state index contributed by atoms with van der Waals surface area (Å²) in [5, 5.41) is 11.7. The third-order valence-corrected chi connectivity index (χ3v) is 3.28. The van der Waals surface area contributed by atoms with Crippen LogP contribution in [0.15, 0.2) is 18.2 Å². The molecule has 0 fully saturated rings. The van der Waals surface area contributed by atoms with E-state index in [-0.39, 0.29) is 18.4 Å². The second-order valence-electron chi connectivity index (χ2n) is 4.83. The Morgan fingerprint density at radius 3 is 2.94 bits per heavy atom. The van der Waals surface area contributed by atoms with Crippen LogP contribution in [-0.2, 0) is 12.8 Å². The summed E-state index contributed by atoms with van der Waals surface area (Å²) in [5.41, 5.74) is 3.42. The Hall–Kier alpha value is -1.35. The summed E-state index contributed by atoms with van der Waals surface area (Å²) in [7, 11) is 0. The minimum atomic E-state index is -0.0417. The van der Waals surface area contributed by atoms with Gasteiger partial charge in [-0.2, -0.15) is 0 Å². The first kappa shape index (κ1) is 12.1. The fourth-order valence-electron chi connectivity index (χ4n) is 2.15. The summed E-state index contributed by atoms with van der Waals surface area (Å²) in [6, 6.07) is 5.96. The number of hydrogen-bond donors (Lipinski definition) is 2. The van der Waals surface area contributed by atoms with Crippen LogP contribution in [0.3, 0.4) is 0 Å². The molecule has 92 valence electrons. The summed E-state index contributed by atoms with van der Waals surface area (Å²) in [5.74, 6) is 0.0633. The molecule has 2 N–H and O–H groups in total. The van der Waals surface area contributed by atoms with Gasteiger partial charge >= 0.3 is 0 Å². The predicted molar refractivity (Wildman–Crippen MR) is 67.1 cm³/mol. The van der Waals surface area contributed by atoms with E-state index in [1.54, 1.807) is 0 Å². The monoisotopic (exact) mass is 233 g/mol. The van der Waals surface area contributed by atoms with Crippen molar-refractivity contribution in [3.63, 3.8) is 0 Å². The van der Waals surface area contributed by atoms with Crippen LogP contribution >= 0.6 is 0 Å². The van der Waals surface area contributed by atoms with Crippen molar-refractivity contribution in [3.05, 3.63) is 34.9 Å². The van der Waals surface area contributed by atoms with Crippen molar-refractivity contribution in [2.24, 2.45) is 5.92 Å². The highest BCUT2D eigenvalue weighted by atomic mass is 16.3. The molecule has 0 saturated carbocycles. The van der Waals surface area contributed by atoms with Crippen molar-refractivity contribution in [1.82, 2.24) is 5.32 Å². The molecule has 1 aromatic rings. The SMILES string of the molecule is CC(CO)CNC(=O)c1ccc2c(c1)CCC2. The summed E-state index contributed by atoms with van der Waals surface area (Å²) in [6.45, 7) is 2.53. The Labute approximate surface area is 102 Å². The lowest BCUT2D eigenvalue weighted by molar-refractivity contribution is 0.0942. The maximum atomic E-state index is 11.9. The highest BCUT2D eigenvalue weighted by Crippen LogP contribution is 2.22. The van der Waals surface area contributed by atoms with E-state index in [0.29, 0.717) is 6.54 Å². The van der Waals surface area contributed by atoms with Gasteiger partial charge in [-0.05, 0) is 48.4 Å². The van der Waals surface area contributed by atoms with Gasteiger partial charge in [-0.1, -0.05) is 13.0 Å². The van der Waals surface area contributed by atoms with Gasteiger partial charge in [0.2, 0.25) is 0 Å². The molecular weight excluding hydrogens is 214 g/mol. The van der Waals surface area contributed by atoms with E-state index < -0.39 is 0 Å². The zero-order valence-corrected chi connectivity index (χ0v) is 10.2. The zero-order chi connectivity index (χ0) is 12.3. The van der Waals surface area contributed by atoms with E-state index in [1.165, 1.54) is 17.5 Å². The molecule has 0 aliphatic heterocycles. The lowest BCUT2D eigenvalue weighted by atomic mass is 10.1. The lowest BCUT2D eigenvalue weighted by Crippen LogP contribution is -2.29. The van der Waals surface area contributed by atoms with Crippen molar-refractivity contribution >= 4 is 5.91 Å². The van der Waals surface area contributed by atoms with Crippen molar-refractivity contribution in [3.8, 4) is 0 Å². The minimum absolute atomic E-state index is 0.0417. The van der Waals surface area contributed by atoms with E-state index in [4.69, 9.17) is 5.11 Å². The molecule has 1 unspecified atom stereocenters. The first-order chi connectivity index (χ1) is 8.20. The van der Waals surface area contributed by atoms with E-state index in [2.05, 4.69) is 11.4 Å². The molecular formula is C14H19NO2. The first-order valence-electron chi connectivity index (χ1n) is 6.21. The summed E-state index contributed by atoms with van der Waals surface area (Å²) in [4.78, 5) is 11.9. The maximum absolute atomic E-state index is 11.9. The second kappa shape index (κ2) is 5.32. The minimum Gasteiger partial charge on any atom is -0.396 e. The van der Waals surface area contributed by atoms with Crippen LogP contribution in [0.25, 0.3) is 0 Å². The quantitative estimate of drug-likeness (QED) is 0.828. The topological polar surface area (TPSA) is 49.3 Å². The zero-order valence-electron chi connectivity index (χ0n) is 10.2. The van der Waals surface area contributed by atoms with E-state index in [1.807, 2.05) is 19.1 Å². The molecule has 1 aliphatic rings. The third kappa shape index (κ3) is 2.86. The molecule has 0 radical (unpaired) electrons. The number of rotatable bonds is 4. The van der Waals surface area contributed by atoms with Crippen molar-refractivity contribution in [2.75, 3.05) is 13.2 Å². The fraction of sp³-hybridized carbons (Fsp3) is 0.500. The fourth-order valence-corrected chi connectivity index (χ4v) is 2.15. The van der Waals surface area contributed by atoms with Crippen LogP contribution in [0.5, 0.6) is 0 Å². The van der Waals surface area contributed by atoms with Crippen molar-refractivity contribution in [2.45, 2.75) is 26.2 Å². The van der Waals surface area contributed by atoms with Crippen molar-refractivity contribution in [1.29, 1.82) is 0 Å². The van der Waals surface area contributed by atoms with Crippen LogP contribution < -0.4 is 5.32 Å². The number of benzene rings is 1. The van der Waals surface area contributed by atoms with Gasteiger partial charge in [0.05, 0.1) is 0 Å². The number of nitrogens with one attached hydrogen (secondary N) is 1. The third-order valence-electron chi connectivity index (χ3n) is 3.28. The molecule has 3 nitrogen and oxygen atoms in total. The molecule has 0 aromatic heterocycles. The maximum Gasteiger partial charge on any atom is 0.251 e. The molecule has 1 aromatic carbocycles. The summed E-state index contributed by atoms with van der Waals surface area (Å²) in [6.07, 6.45) is 3.42. The number of carbonyl (C=O) groups excluding carboxylic acids is 1. The Bertz CT molecular complexity index is 415.